The highest BCUT2D eigenvalue weighted by Crippen LogP contribution is 2.46. The van der Waals surface area contributed by atoms with E-state index in [4.69, 9.17) is 16.3 Å². The molecule has 2 aliphatic carbocycles. The van der Waals surface area contributed by atoms with E-state index in [-0.39, 0.29) is 22.4 Å². The summed E-state index contributed by atoms with van der Waals surface area (Å²) in [5.41, 5.74) is -0.319. The topological polar surface area (TPSA) is 60.4 Å². The molecule has 0 N–H and O–H groups in total. The first-order chi connectivity index (χ1) is 10.7. The van der Waals surface area contributed by atoms with Crippen LogP contribution in [0.3, 0.4) is 0 Å². The fraction of sp³-hybridized carbons (Fsp3) is 0.562. The molecule has 0 unspecified atom stereocenters. The Labute approximate surface area is 139 Å². The molecular formula is C16H18ClFO4S. The first-order valence-electron chi connectivity index (χ1n) is 7.59. The van der Waals surface area contributed by atoms with Crippen molar-refractivity contribution in [2.75, 3.05) is 12.0 Å². The van der Waals surface area contributed by atoms with E-state index in [2.05, 4.69) is 0 Å². The zero-order chi connectivity index (χ0) is 16.8. The Morgan fingerprint density at radius 3 is 2.65 bits per heavy atom. The third-order valence-corrected chi connectivity index (χ3v) is 5.75. The van der Waals surface area contributed by atoms with Crippen LogP contribution in [0.5, 0.6) is 5.75 Å². The Kier molecular flexibility index (Phi) is 4.40. The van der Waals surface area contributed by atoms with Gasteiger partial charge in [-0.15, -0.1) is 0 Å². The van der Waals surface area contributed by atoms with Gasteiger partial charge in [0.2, 0.25) is 0 Å². The van der Waals surface area contributed by atoms with Crippen molar-refractivity contribution < 1.29 is 22.3 Å². The monoisotopic (exact) mass is 360 g/mol. The van der Waals surface area contributed by atoms with Crippen LogP contribution >= 0.6 is 11.6 Å². The Balaban J connectivity index is 1.79. The molecule has 0 spiro atoms. The average molecular weight is 361 g/mol. The van der Waals surface area contributed by atoms with Crippen molar-refractivity contribution in [3.05, 3.63) is 28.5 Å². The van der Waals surface area contributed by atoms with Gasteiger partial charge in [-0.3, -0.25) is 4.79 Å². The molecule has 2 bridgehead atoms. The standard InChI is InChI=1S/C16H18ClFO4S/c1-23(20,21)8-14(19)11-6-12(17)16(7-13(11)18)22-15-5-9-2-3-10(15)4-9/h6-7,9-10,15H,2-5,8H2,1H3/t9-,10+,15-/m1/s1. The number of ketones is 1. The lowest BCUT2D eigenvalue weighted by Crippen LogP contribution is -2.24. The molecule has 7 heteroatoms. The highest BCUT2D eigenvalue weighted by molar-refractivity contribution is 7.91. The molecule has 2 saturated carbocycles. The molecule has 0 aliphatic heterocycles. The number of hydrogen-bond acceptors (Lipinski definition) is 4. The highest BCUT2D eigenvalue weighted by Gasteiger charge is 2.41. The number of fused-ring (bicyclic) bond motifs is 2. The quantitative estimate of drug-likeness (QED) is 0.756. The number of halogens is 2. The number of ether oxygens (including phenoxy) is 1. The number of sulfone groups is 1. The normalized spacial score (nSPS) is 26.5. The largest absolute Gasteiger partial charge is 0.488 e. The van der Waals surface area contributed by atoms with Crippen LogP contribution in [0.1, 0.15) is 36.0 Å². The van der Waals surface area contributed by atoms with Gasteiger partial charge in [0, 0.05) is 12.3 Å². The number of benzene rings is 1. The summed E-state index contributed by atoms with van der Waals surface area (Å²) in [6.45, 7) is 0. The fourth-order valence-electron chi connectivity index (χ4n) is 3.64. The third kappa shape index (κ3) is 3.69. The SMILES string of the molecule is CS(=O)(=O)CC(=O)c1cc(Cl)c(O[C@@H]2C[C@@H]3CC[C@H]2C3)cc1F. The summed E-state index contributed by atoms with van der Waals surface area (Å²) in [4.78, 5) is 11.9. The molecule has 1 aromatic carbocycles. The van der Waals surface area contributed by atoms with Crippen LogP contribution < -0.4 is 4.74 Å². The predicted octanol–water partition coefficient (Wildman–Crippen LogP) is 3.27. The Hall–Kier alpha value is -1.14. The molecule has 3 rings (SSSR count). The van der Waals surface area contributed by atoms with Crippen molar-refractivity contribution in [2.45, 2.75) is 31.8 Å². The molecule has 0 radical (unpaired) electrons. The molecule has 0 aromatic heterocycles. The average Bonchev–Trinajstić information content (AvgIpc) is 3.02. The lowest BCUT2D eigenvalue weighted by Gasteiger charge is -2.23. The summed E-state index contributed by atoms with van der Waals surface area (Å²) >= 11 is 6.10. The van der Waals surface area contributed by atoms with E-state index >= 15 is 0 Å². The van der Waals surface area contributed by atoms with Crippen molar-refractivity contribution in [1.82, 2.24) is 0 Å². The minimum atomic E-state index is -3.53. The van der Waals surface area contributed by atoms with Crippen LogP contribution in [0.4, 0.5) is 4.39 Å². The third-order valence-electron chi connectivity index (χ3n) is 4.67. The second kappa shape index (κ2) is 6.06. The molecule has 0 saturated heterocycles. The fourth-order valence-corrected chi connectivity index (χ4v) is 4.48. The van der Waals surface area contributed by atoms with E-state index in [1.54, 1.807) is 0 Å². The van der Waals surface area contributed by atoms with Crippen LogP contribution in [-0.4, -0.2) is 32.3 Å². The first-order valence-corrected chi connectivity index (χ1v) is 10.0. The van der Waals surface area contributed by atoms with E-state index in [0.717, 1.165) is 37.7 Å². The Bertz CT molecular complexity index is 747. The van der Waals surface area contributed by atoms with Gasteiger partial charge in [0.05, 0.1) is 10.6 Å². The van der Waals surface area contributed by atoms with Gasteiger partial charge in [0.25, 0.3) is 0 Å². The second-order valence-corrected chi connectivity index (χ2v) is 9.13. The summed E-state index contributed by atoms with van der Waals surface area (Å²) < 4.78 is 42.4. The van der Waals surface area contributed by atoms with Gasteiger partial charge >= 0.3 is 0 Å². The zero-order valence-electron chi connectivity index (χ0n) is 12.7. The number of rotatable bonds is 5. The van der Waals surface area contributed by atoms with Crippen LogP contribution in [0, 0.1) is 17.7 Å². The molecule has 1 aromatic rings. The van der Waals surface area contributed by atoms with E-state index < -0.39 is 27.2 Å². The van der Waals surface area contributed by atoms with Crippen LogP contribution in [-0.2, 0) is 9.84 Å². The first kappa shape index (κ1) is 16.7. The number of carbonyl (C=O) groups excluding carboxylic acids is 1. The van der Waals surface area contributed by atoms with Gasteiger partial charge in [0.1, 0.15) is 23.4 Å². The van der Waals surface area contributed by atoms with Gasteiger partial charge in [-0.2, -0.15) is 0 Å². The highest BCUT2D eigenvalue weighted by atomic mass is 35.5. The predicted molar refractivity (Wildman–Crippen MR) is 85.3 cm³/mol. The molecule has 2 fully saturated rings. The molecule has 126 valence electrons. The lowest BCUT2D eigenvalue weighted by atomic mass is 9.98. The minimum absolute atomic E-state index is 0.0446. The molecule has 0 heterocycles. The van der Waals surface area contributed by atoms with Crippen LogP contribution in [0.15, 0.2) is 12.1 Å². The Morgan fingerprint density at radius 2 is 2.09 bits per heavy atom. The van der Waals surface area contributed by atoms with Gasteiger partial charge in [0.15, 0.2) is 15.6 Å². The maximum atomic E-state index is 14.2. The summed E-state index contributed by atoms with van der Waals surface area (Å²) in [6.07, 6.45) is 5.43. The molecule has 23 heavy (non-hydrogen) atoms. The number of carbonyl (C=O) groups is 1. The summed E-state index contributed by atoms with van der Waals surface area (Å²) in [5.74, 6) is -0.959. The maximum Gasteiger partial charge on any atom is 0.180 e. The molecule has 4 nitrogen and oxygen atoms in total. The molecular weight excluding hydrogens is 343 g/mol. The molecule has 0 amide bonds. The van der Waals surface area contributed by atoms with Crippen molar-refractivity contribution in [3.63, 3.8) is 0 Å². The van der Waals surface area contributed by atoms with E-state index in [9.17, 15) is 17.6 Å². The van der Waals surface area contributed by atoms with Crippen molar-refractivity contribution in [3.8, 4) is 5.75 Å². The van der Waals surface area contributed by atoms with Crippen LogP contribution in [0.2, 0.25) is 5.02 Å². The van der Waals surface area contributed by atoms with E-state index in [1.165, 1.54) is 6.42 Å². The summed E-state index contributed by atoms with van der Waals surface area (Å²) in [6, 6.07) is 2.25. The molecule has 3 atom stereocenters. The second-order valence-electron chi connectivity index (χ2n) is 6.59. The lowest BCUT2D eigenvalue weighted by molar-refractivity contribution is 0.101. The van der Waals surface area contributed by atoms with Crippen molar-refractivity contribution >= 4 is 27.2 Å². The van der Waals surface area contributed by atoms with Gasteiger partial charge < -0.3 is 4.74 Å². The van der Waals surface area contributed by atoms with Gasteiger partial charge in [-0.25, -0.2) is 12.8 Å². The van der Waals surface area contributed by atoms with E-state index in [1.807, 2.05) is 0 Å². The maximum absolute atomic E-state index is 14.2. The number of Topliss-reactive ketones (excluding diaryl/α,β-unsaturated/α-hetero) is 1. The van der Waals surface area contributed by atoms with Gasteiger partial charge in [-0.05, 0) is 43.6 Å². The van der Waals surface area contributed by atoms with Crippen LogP contribution in [0.25, 0.3) is 0 Å². The summed E-state index contributed by atoms with van der Waals surface area (Å²) in [7, 11) is -3.53. The zero-order valence-corrected chi connectivity index (χ0v) is 14.3. The summed E-state index contributed by atoms with van der Waals surface area (Å²) in [5, 5.41) is 0.131. The number of hydrogen-bond donors (Lipinski definition) is 0. The van der Waals surface area contributed by atoms with Crippen molar-refractivity contribution in [2.24, 2.45) is 11.8 Å². The van der Waals surface area contributed by atoms with Gasteiger partial charge in [-0.1, -0.05) is 11.6 Å². The van der Waals surface area contributed by atoms with Crippen molar-refractivity contribution in [1.29, 1.82) is 0 Å². The Morgan fingerprint density at radius 1 is 1.35 bits per heavy atom. The minimum Gasteiger partial charge on any atom is -0.488 e. The molecule has 2 aliphatic rings. The van der Waals surface area contributed by atoms with E-state index in [0.29, 0.717) is 11.8 Å². The smallest absolute Gasteiger partial charge is 0.180 e.